The molecule has 0 saturated carbocycles. The maximum Gasteiger partial charge on any atom is 0.451 e. The number of halogens is 5. The Bertz CT molecular complexity index is 1550. The minimum absolute atomic E-state index is 0.0168. The summed E-state index contributed by atoms with van der Waals surface area (Å²) in [5.41, 5.74) is 6.35. The highest BCUT2D eigenvalue weighted by molar-refractivity contribution is 5.89. The molecule has 1 aliphatic rings. The van der Waals surface area contributed by atoms with Gasteiger partial charge in [-0.05, 0) is 38.0 Å². The fraction of sp³-hybridized carbons (Fsp3) is 0.292. The van der Waals surface area contributed by atoms with Crippen molar-refractivity contribution in [1.82, 2.24) is 35.0 Å². The number of aryl methyl sites for hydroxylation is 1. The summed E-state index contributed by atoms with van der Waals surface area (Å²) in [7, 11) is 0. The molecule has 0 aliphatic carbocycles. The lowest BCUT2D eigenvalue weighted by molar-refractivity contribution is -0.144. The van der Waals surface area contributed by atoms with Gasteiger partial charge in [0.15, 0.2) is 0 Å². The number of nitrogens with two attached hydrogens (primary N) is 1. The number of nitrogen functional groups attached to an aromatic ring is 1. The molecular weight excluding hydrogens is 541 g/mol. The number of nitrogens with one attached hydrogen (secondary N) is 1. The predicted molar refractivity (Wildman–Crippen MR) is 129 cm³/mol. The van der Waals surface area contributed by atoms with Crippen LogP contribution in [0.5, 0.6) is 0 Å². The second-order valence-electron chi connectivity index (χ2n) is 8.89. The van der Waals surface area contributed by atoms with Crippen LogP contribution in [0.4, 0.5) is 38.4 Å². The van der Waals surface area contributed by atoms with Crippen molar-refractivity contribution in [1.29, 1.82) is 0 Å². The summed E-state index contributed by atoms with van der Waals surface area (Å²) >= 11 is 0. The fourth-order valence-corrected chi connectivity index (χ4v) is 4.38. The second-order valence-corrected chi connectivity index (χ2v) is 8.89. The SMILES string of the molecule is Cc1nc(N)nc(C2CCN(C(=O)Nc3c(F)cccc3F)CC2)c1-c1nnc(-c2ccnc(C(F)(F)F)n2)o1. The van der Waals surface area contributed by atoms with E-state index in [0.29, 0.717) is 29.8 Å². The van der Waals surface area contributed by atoms with Crippen molar-refractivity contribution in [3.05, 3.63) is 59.3 Å². The van der Waals surface area contributed by atoms with Gasteiger partial charge in [0.25, 0.3) is 11.8 Å². The van der Waals surface area contributed by atoms with Gasteiger partial charge in [-0.2, -0.15) is 13.2 Å². The number of piperidine rings is 1. The number of carbonyl (C=O) groups excluding carboxylic acids is 1. The zero-order valence-electron chi connectivity index (χ0n) is 20.7. The van der Waals surface area contributed by atoms with Crippen LogP contribution in [-0.2, 0) is 6.18 Å². The van der Waals surface area contributed by atoms with Crippen LogP contribution in [0.1, 0.15) is 36.0 Å². The van der Waals surface area contributed by atoms with Crippen molar-refractivity contribution in [3.8, 4) is 23.0 Å². The first-order chi connectivity index (χ1) is 19.0. The molecule has 4 heterocycles. The van der Waals surface area contributed by atoms with Crippen LogP contribution in [0, 0.1) is 18.6 Å². The van der Waals surface area contributed by atoms with E-state index in [2.05, 4.69) is 35.5 Å². The number of para-hydroxylation sites is 1. The molecule has 0 unspecified atom stereocenters. The Morgan fingerprint density at radius 3 is 2.40 bits per heavy atom. The molecule has 16 heteroatoms. The summed E-state index contributed by atoms with van der Waals surface area (Å²) < 4.78 is 72.7. The van der Waals surface area contributed by atoms with E-state index in [1.807, 2.05) is 0 Å². The lowest BCUT2D eigenvalue weighted by Crippen LogP contribution is -2.41. The largest absolute Gasteiger partial charge is 0.451 e. The molecule has 1 aromatic carbocycles. The van der Waals surface area contributed by atoms with Gasteiger partial charge in [-0.3, -0.25) is 0 Å². The number of rotatable bonds is 4. The molecule has 1 saturated heterocycles. The zero-order valence-corrected chi connectivity index (χ0v) is 20.7. The average Bonchev–Trinajstić information content (AvgIpc) is 3.40. The van der Waals surface area contributed by atoms with Crippen molar-refractivity contribution in [2.45, 2.75) is 31.9 Å². The standard InChI is InChI=1S/C24H20F5N9O2/c1-11-16(20-37-36-19(40-20)15-5-8-31-21(33-15)24(27,28)29)17(34-22(30)32-11)12-6-9-38(10-7-12)23(39)35-18-13(25)3-2-4-14(18)26/h2-5,8,12H,6-7,9-10H2,1H3,(H,35,39)(H2,30,32,34). The van der Waals surface area contributed by atoms with Crippen LogP contribution in [0.25, 0.3) is 23.0 Å². The van der Waals surface area contributed by atoms with Crippen LogP contribution in [-0.4, -0.2) is 54.2 Å². The number of aromatic nitrogens is 6. The number of anilines is 2. The molecule has 4 aromatic rings. The fourth-order valence-electron chi connectivity index (χ4n) is 4.38. The Kier molecular flexibility index (Phi) is 6.99. The van der Waals surface area contributed by atoms with E-state index < -0.39 is 35.4 Å². The van der Waals surface area contributed by atoms with Gasteiger partial charge < -0.3 is 20.4 Å². The molecule has 0 bridgehead atoms. The van der Waals surface area contributed by atoms with Gasteiger partial charge in [0.2, 0.25) is 11.8 Å². The smallest absolute Gasteiger partial charge is 0.414 e. The number of carbonyl (C=O) groups is 1. The van der Waals surface area contributed by atoms with Crippen LogP contribution in [0.15, 0.2) is 34.9 Å². The van der Waals surface area contributed by atoms with Gasteiger partial charge in [-0.1, -0.05) is 6.07 Å². The number of urea groups is 1. The first-order valence-corrected chi connectivity index (χ1v) is 11.9. The Labute approximate surface area is 222 Å². The van der Waals surface area contributed by atoms with Gasteiger partial charge in [-0.25, -0.2) is 33.5 Å². The van der Waals surface area contributed by atoms with E-state index in [9.17, 15) is 26.7 Å². The summed E-state index contributed by atoms with van der Waals surface area (Å²) in [6, 6.07) is 3.81. The topological polar surface area (TPSA) is 149 Å². The monoisotopic (exact) mass is 561 g/mol. The zero-order chi connectivity index (χ0) is 28.6. The molecule has 3 aromatic heterocycles. The molecule has 0 spiro atoms. The van der Waals surface area contributed by atoms with Crippen molar-refractivity contribution in [3.63, 3.8) is 0 Å². The van der Waals surface area contributed by atoms with E-state index in [1.165, 1.54) is 17.0 Å². The first kappa shape index (κ1) is 26.8. The summed E-state index contributed by atoms with van der Waals surface area (Å²) in [4.78, 5) is 29.3. The normalized spacial score (nSPS) is 14.4. The second kappa shape index (κ2) is 10.4. The summed E-state index contributed by atoms with van der Waals surface area (Å²) in [6.45, 7) is 2.09. The molecule has 1 fully saturated rings. The Morgan fingerprint density at radius 1 is 1.05 bits per heavy atom. The molecule has 1 aliphatic heterocycles. The summed E-state index contributed by atoms with van der Waals surface area (Å²) in [5, 5.41) is 10.1. The van der Waals surface area contributed by atoms with Crippen molar-refractivity contribution < 1.29 is 31.2 Å². The predicted octanol–water partition coefficient (Wildman–Crippen LogP) is 4.58. The summed E-state index contributed by atoms with van der Waals surface area (Å²) in [6.07, 6.45) is -3.03. The van der Waals surface area contributed by atoms with Gasteiger partial charge in [0.05, 0.1) is 17.0 Å². The number of likely N-dealkylation sites (tertiary alicyclic amines) is 1. The van der Waals surface area contributed by atoms with Gasteiger partial charge >= 0.3 is 12.2 Å². The molecule has 208 valence electrons. The molecule has 3 N–H and O–H groups in total. The first-order valence-electron chi connectivity index (χ1n) is 11.9. The van der Waals surface area contributed by atoms with Gasteiger partial charge in [-0.15, -0.1) is 10.2 Å². The van der Waals surface area contributed by atoms with E-state index in [0.717, 1.165) is 18.3 Å². The lowest BCUT2D eigenvalue weighted by Gasteiger charge is -2.32. The minimum Gasteiger partial charge on any atom is -0.414 e. The minimum atomic E-state index is -4.76. The van der Waals surface area contributed by atoms with Crippen molar-refractivity contribution in [2.75, 3.05) is 24.1 Å². The molecule has 11 nitrogen and oxygen atoms in total. The highest BCUT2D eigenvalue weighted by atomic mass is 19.4. The summed E-state index contributed by atoms with van der Waals surface area (Å²) in [5.74, 6) is -3.73. The third kappa shape index (κ3) is 5.37. The molecule has 40 heavy (non-hydrogen) atoms. The number of hydrogen-bond donors (Lipinski definition) is 2. The van der Waals surface area contributed by atoms with E-state index in [-0.39, 0.29) is 42.4 Å². The maximum atomic E-state index is 13.9. The number of nitrogens with zero attached hydrogens (tertiary/aromatic N) is 7. The van der Waals surface area contributed by atoms with Crippen LogP contribution in [0.2, 0.25) is 0 Å². The number of hydrogen-bond acceptors (Lipinski definition) is 9. The van der Waals surface area contributed by atoms with Crippen LogP contribution in [0.3, 0.4) is 0 Å². The number of alkyl halides is 3. The van der Waals surface area contributed by atoms with Gasteiger partial charge in [0, 0.05) is 25.2 Å². The molecule has 0 radical (unpaired) electrons. The van der Waals surface area contributed by atoms with E-state index in [1.54, 1.807) is 6.92 Å². The van der Waals surface area contributed by atoms with E-state index >= 15 is 0 Å². The highest BCUT2D eigenvalue weighted by Gasteiger charge is 2.35. The van der Waals surface area contributed by atoms with E-state index in [4.69, 9.17) is 10.2 Å². The number of benzene rings is 1. The Balaban J connectivity index is 1.37. The third-order valence-electron chi connectivity index (χ3n) is 6.27. The quantitative estimate of drug-likeness (QED) is 0.341. The average molecular weight is 561 g/mol. The van der Waals surface area contributed by atoms with Gasteiger partial charge in [0.1, 0.15) is 23.0 Å². The molecule has 2 amide bonds. The maximum absolute atomic E-state index is 13.9. The molecular formula is C24H20F5N9O2. The molecule has 0 atom stereocenters. The van der Waals surface area contributed by atoms with Crippen LogP contribution >= 0.6 is 0 Å². The Morgan fingerprint density at radius 2 is 1.73 bits per heavy atom. The third-order valence-corrected chi connectivity index (χ3v) is 6.27. The van der Waals surface area contributed by atoms with Crippen LogP contribution < -0.4 is 11.1 Å². The lowest BCUT2D eigenvalue weighted by atomic mass is 9.90. The number of amides is 2. The Hall–Kier alpha value is -4.76. The molecule has 5 rings (SSSR count). The van der Waals surface area contributed by atoms with Crippen molar-refractivity contribution in [2.24, 2.45) is 0 Å². The van der Waals surface area contributed by atoms with Crippen molar-refractivity contribution >= 4 is 17.7 Å². The highest BCUT2D eigenvalue weighted by Crippen LogP contribution is 2.37.